The Morgan fingerprint density at radius 1 is 1.19 bits per heavy atom. The summed E-state index contributed by atoms with van der Waals surface area (Å²) in [6, 6.07) is 9.41. The van der Waals surface area contributed by atoms with Crippen molar-refractivity contribution in [3.05, 3.63) is 70.5 Å². The van der Waals surface area contributed by atoms with E-state index in [1.165, 1.54) is 22.9 Å². The van der Waals surface area contributed by atoms with Gasteiger partial charge in [-0.05, 0) is 30.0 Å². The monoisotopic (exact) mass is 372 g/mol. The average Bonchev–Trinajstić information content (AvgIpc) is 2.64. The van der Waals surface area contributed by atoms with Crippen molar-refractivity contribution in [3.63, 3.8) is 0 Å². The summed E-state index contributed by atoms with van der Waals surface area (Å²) in [6.45, 7) is 0.721. The minimum Gasteiger partial charge on any atom is -0.463 e. The van der Waals surface area contributed by atoms with Gasteiger partial charge < -0.3 is 4.74 Å². The van der Waals surface area contributed by atoms with Gasteiger partial charge in [-0.3, -0.25) is 4.79 Å². The first kappa shape index (κ1) is 18.1. The number of aromatic nitrogens is 4. The van der Waals surface area contributed by atoms with Crippen molar-refractivity contribution in [1.29, 1.82) is 0 Å². The van der Waals surface area contributed by atoms with Gasteiger partial charge in [0, 0.05) is 29.8 Å². The molecular formula is C18H17FN4O2S. The largest absolute Gasteiger partial charge is 0.463 e. The smallest absolute Gasteiger partial charge is 0.316 e. The molecule has 26 heavy (non-hydrogen) atoms. The first-order valence-electron chi connectivity index (χ1n) is 7.92. The fraction of sp³-hybridized carbons (Fsp3) is 0.222. The molecule has 0 amide bonds. The van der Waals surface area contributed by atoms with E-state index < -0.39 is 0 Å². The molecule has 0 saturated carbocycles. The van der Waals surface area contributed by atoms with E-state index in [4.69, 9.17) is 4.74 Å². The van der Waals surface area contributed by atoms with E-state index in [0.29, 0.717) is 29.4 Å². The van der Waals surface area contributed by atoms with Crippen LogP contribution in [-0.4, -0.2) is 38.4 Å². The fourth-order valence-electron chi connectivity index (χ4n) is 2.26. The third kappa shape index (κ3) is 4.66. The third-order valence-corrected chi connectivity index (χ3v) is 4.11. The molecule has 0 bridgehead atoms. The van der Waals surface area contributed by atoms with Gasteiger partial charge >= 0.3 is 6.01 Å². The van der Waals surface area contributed by atoms with Crippen LogP contribution in [0.1, 0.15) is 5.56 Å². The van der Waals surface area contributed by atoms with Crippen molar-refractivity contribution >= 4 is 11.8 Å². The highest BCUT2D eigenvalue weighted by Crippen LogP contribution is 2.15. The normalized spacial score (nSPS) is 10.7. The Morgan fingerprint density at radius 3 is 2.73 bits per heavy atom. The number of halogens is 1. The van der Waals surface area contributed by atoms with Gasteiger partial charge in [0.15, 0.2) is 0 Å². The second-order valence-electron chi connectivity index (χ2n) is 5.44. The zero-order chi connectivity index (χ0) is 18.4. The summed E-state index contributed by atoms with van der Waals surface area (Å²) in [5.74, 6) is 0.509. The SMILES string of the molecule is CSCCOc1ncc(-c2ccc(=O)n(Cc3cccc(F)c3)n2)cn1. The molecule has 0 spiro atoms. The topological polar surface area (TPSA) is 69.9 Å². The van der Waals surface area contributed by atoms with Crippen LogP contribution in [0.25, 0.3) is 11.3 Å². The molecule has 0 aliphatic heterocycles. The second-order valence-corrected chi connectivity index (χ2v) is 6.43. The summed E-state index contributed by atoms with van der Waals surface area (Å²) in [7, 11) is 0. The summed E-state index contributed by atoms with van der Waals surface area (Å²) in [5, 5.41) is 4.33. The molecule has 6 nitrogen and oxygen atoms in total. The van der Waals surface area contributed by atoms with Crippen molar-refractivity contribution in [2.75, 3.05) is 18.6 Å². The van der Waals surface area contributed by atoms with Crippen molar-refractivity contribution < 1.29 is 9.13 Å². The summed E-state index contributed by atoms with van der Waals surface area (Å²) >= 11 is 1.68. The molecule has 0 aliphatic rings. The summed E-state index contributed by atoms with van der Waals surface area (Å²) in [6.07, 6.45) is 5.19. The lowest BCUT2D eigenvalue weighted by molar-refractivity contribution is 0.316. The third-order valence-electron chi connectivity index (χ3n) is 3.53. The van der Waals surface area contributed by atoms with E-state index in [9.17, 15) is 9.18 Å². The lowest BCUT2D eigenvalue weighted by atomic mass is 10.2. The van der Waals surface area contributed by atoms with Crippen LogP contribution < -0.4 is 10.3 Å². The van der Waals surface area contributed by atoms with Crippen molar-refractivity contribution in [2.45, 2.75) is 6.54 Å². The van der Waals surface area contributed by atoms with Gasteiger partial charge in [0.1, 0.15) is 12.4 Å². The Kier molecular flexibility index (Phi) is 5.96. The first-order chi connectivity index (χ1) is 12.7. The molecule has 0 radical (unpaired) electrons. The predicted octanol–water partition coefficient (Wildman–Crippen LogP) is 2.63. The summed E-state index contributed by atoms with van der Waals surface area (Å²) < 4.78 is 20.0. The Hall–Kier alpha value is -2.74. The number of hydrogen-bond donors (Lipinski definition) is 0. The van der Waals surface area contributed by atoms with E-state index in [-0.39, 0.29) is 17.9 Å². The lowest BCUT2D eigenvalue weighted by Crippen LogP contribution is -2.22. The molecule has 3 rings (SSSR count). The molecule has 0 aliphatic carbocycles. The predicted molar refractivity (Wildman–Crippen MR) is 98.9 cm³/mol. The maximum Gasteiger partial charge on any atom is 0.316 e. The van der Waals surface area contributed by atoms with Crippen molar-refractivity contribution in [3.8, 4) is 17.3 Å². The molecule has 0 atom stereocenters. The van der Waals surface area contributed by atoms with Gasteiger partial charge in [-0.1, -0.05) is 12.1 Å². The highest BCUT2D eigenvalue weighted by Gasteiger charge is 2.07. The number of ether oxygens (including phenoxy) is 1. The number of rotatable bonds is 7. The van der Waals surface area contributed by atoms with Gasteiger partial charge in [-0.2, -0.15) is 16.9 Å². The quantitative estimate of drug-likeness (QED) is 0.594. The molecular weight excluding hydrogens is 355 g/mol. The van der Waals surface area contributed by atoms with Crippen LogP contribution in [0.2, 0.25) is 0 Å². The van der Waals surface area contributed by atoms with E-state index in [1.807, 2.05) is 6.26 Å². The summed E-state index contributed by atoms with van der Waals surface area (Å²) in [5.41, 5.74) is 1.60. The van der Waals surface area contributed by atoms with Gasteiger partial charge in [0.2, 0.25) is 0 Å². The molecule has 2 aromatic heterocycles. The van der Waals surface area contributed by atoms with Crippen LogP contribution in [-0.2, 0) is 6.54 Å². The molecule has 1 aromatic carbocycles. The van der Waals surface area contributed by atoms with Crippen LogP contribution in [0, 0.1) is 5.82 Å². The molecule has 0 fully saturated rings. The average molecular weight is 372 g/mol. The molecule has 8 heteroatoms. The minimum absolute atomic E-state index is 0.182. The Bertz CT molecular complexity index is 931. The minimum atomic E-state index is -0.350. The molecule has 2 heterocycles. The van der Waals surface area contributed by atoms with Crippen LogP contribution in [0.4, 0.5) is 4.39 Å². The van der Waals surface area contributed by atoms with E-state index in [2.05, 4.69) is 15.1 Å². The highest BCUT2D eigenvalue weighted by atomic mass is 32.2. The first-order valence-corrected chi connectivity index (χ1v) is 9.32. The number of hydrogen-bond acceptors (Lipinski definition) is 6. The highest BCUT2D eigenvalue weighted by molar-refractivity contribution is 7.98. The van der Waals surface area contributed by atoms with E-state index in [1.54, 1.807) is 42.4 Å². The molecule has 0 saturated heterocycles. The molecule has 0 unspecified atom stereocenters. The van der Waals surface area contributed by atoms with Crippen LogP contribution >= 0.6 is 11.8 Å². The van der Waals surface area contributed by atoms with Crippen LogP contribution in [0.5, 0.6) is 6.01 Å². The van der Waals surface area contributed by atoms with Crippen molar-refractivity contribution in [2.24, 2.45) is 0 Å². The van der Waals surface area contributed by atoms with Gasteiger partial charge in [-0.25, -0.2) is 19.0 Å². The van der Waals surface area contributed by atoms with Gasteiger partial charge in [-0.15, -0.1) is 0 Å². The van der Waals surface area contributed by atoms with Crippen LogP contribution in [0.15, 0.2) is 53.6 Å². The summed E-state index contributed by atoms with van der Waals surface area (Å²) in [4.78, 5) is 20.4. The Balaban J connectivity index is 1.79. The zero-order valence-corrected chi connectivity index (χ0v) is 14.9. The Morgan fingerprint density at radius 2 is 2.00 bits per heavy atom. The van der Waals surface area contributed by atoms with Crippen LogP contribution in [0.3, 0.4) is 0 Å². The maximum atomic E-state index is 13.3. The van der Waals surface area contributed by atoms with E-state index in [0.717, 1.165) is 5.75 Å². The number of benzene rings is 1. The van der Waals surface area contributed by atoms with E-state index >= 15 is 0 Å². The fourth-order valence-corrected chi connectivity index (χ4v) is 2.51. The lowest BCUT2D eigenvalue weighted by Gasteiger charge is -2.08. The molecule has 0 N–H and O–H groups in total. The maximum absolute atomic E-state index is 13.3. The standard InChI is InChI=1S/C18H17FN4O2S/c1-26-8-7-25-18-20-10-14(11-21-18)16-5-6-17(24)23(22-16)12-13-3-2-4-15(19)9-13/h2-6,9-11H,7-8,12H2,1H3. The Labute approximate surface area is 154 Å². The second kappa shape index (κ2) is 8.57. The zero-order valence-electron chi connectivity index (χ0n) is 14.1. The molecule has 3 aromatic rings. The van der Waals surface area contributed by atoms with Gasteiger partial charge in [0.05, 0.1) is 12.2 Å². The number of nitrogens with zero attached hydrogens (tertiary/aromatic N) is 4. The van der Waals surface area contributed by atoms with Gasteiger partial charge in [0.25, 0.3) is 5.56 Å². The van der Waals surface area contributed by atoms with Crippen molar-refractivity contribution in [1.82, 2.24) is 19.7 Å². The molecule has 134 valence electrons. The number of thioether (sulfide) groups is 1.